The van der Waals surface area contributed by atoms with E-state index in [1.165, 1.54) is 0 Å². The van der Waals surface area contributed by atoms with Crippen LogP contribution in [0.2, 0.25) is 5.02 Å². The highest BCUT2D eigenvalue weighted by Crippen LogP contribution is 2.18. The molecule has 2 heterocycles. The molecular weight excluding hydrogens is 354 g/mol. The quantitative estimate of drug-likeness (QED) is 0.688. The van der Waals surface area contributed by atoms with E-state index in [0.29, 0.717) is 36.2 Å². The van der Waals surface area contributed by atoms with Crippen LogP contribution in [0, 0.1) is 6.92 Å². The zero-order valence-electron chi connectivity index (χ0n) is 14.7. The standard InChI is InChI=1S/C18H20ClN5O2/c1-12-10-15(24(2)23-12)18-22-21-17(26-18)7-6-16(25)20-9-8-13-4-3-5-14(19)11-13/h3-5,10-11H,6-9H2,1-2H3,(H,20,25). The predicted molar refractivity (Wildman–Crippen MR) is 97.7 cm³/mol. The summed E-state index contributed by atoms with van der Waals surface area (Å²) >= 11 is 5.95. The summed E-state index contributed by atoms with van der Waals surface area (Å²) < 4.78 is 7.31. The second-order valence-corrected chi connectivity index (χ2v) is 6.46. The first-order chi connectivity index (χ1) is 12.5. The molecule has 136 valence electrons. The van der Waals surface area contributed by atoms with E-state index in [1.807, 2.05) is 44.3 Å². The molecule has 26 heavy (non-hydrogen) atoms. The molecule has 0 bridgehead atoms. The lowest BCUT2D eigenvalue weighted by Gasteiger charge is -2.05. The summed E-state index contributed by atoms with van der Waals surface area (Å²) in [4.78, 5) is 12.0. The fourth-order valence-corrected chi connectivity index (χ4v) is 2.83. The number of aromatic nitrogens is 4. The number of aryl methyl sites for hydroxylation is 3. The van der Waals surface area contributed by atoms with Crippen LogP contribution in [0.15, 0.2) is 34.7 Å². The topological polar surface area (TPSA) is 85.8 Å². The summed E-state index contributed by atoms with van der Waals surface area (Å²) in [7, 11) is 1.82. The Morgan fingerprint density at radius 1 is 1.27 bits per heavy atom. The van der Waals surface area contributed by atoms with Crippen molar-refractivity contribution in [3.05, 3.63) is 52.5 Å². The molecule has 0 radical (unpaired) electrons. The van der Waals surface area contributed by atoms with E-state index in [1.54, 1.807) is 4.68 Å². The molecule has 0 unspecified atom stereocenters. The van der Waals surface area contributed by atoms with Gasteiger partial charge >= 0.3 is 0 Å². The van der Waals surface area contributed by atoms with Crippen molar-refractivity contribution in [2.75, 3.05) is 6.54 Å². The molecule has 1 aromatic carbocycles. The Balaban J connectivity index is 1.45. The third-order valence-corrected chi connectivity index (χ3v) is 4.11. The molecule has 0 aliphatic rings. The van der Waals surface area contributed by atoms with Crippen molar-refractivity contribution < 1.29 is 9.21 Å². The summed E-state index contributed by atoms with van der Waals surface area (Å²) in [6.45, 7) is 2.46. The van der Waals surface area contributed by atoms with E-state index in [2.05, 4.69) is 20.6 Å². The molecular formula is C18H20ClN5O2. The van der Waals surface area contributed by atoms with Crippen LogP contribution < -0.4 is 5.32 Å². The van der Waals surface area contributed by atoms with E-state index in [-0.39, 0.29) is 5.91 Å². The smallest absolute Gasteiger partial charge is 0.265 e. The van der Waals surface area contributed by atoms with Gasteiger partial charge in [-0.25, -0.2) is 0 Å². The SMILES string of the molecule is Cc1cc(-c2nnc(CCC(=O)NCCc3cccc(Cl)c3)o2)n(C)n1. The maximum atomic E-state index is 12.0. The molecule has 8 heteroatoms. The van der Waals surface area contributed by atoms with Gasteiger partial charge in [0.2, 0.25) is 11.8 Å². The van der Waals surface area contributed by atoms with E-state index >= 15 is 0 Å². The highest BCUT2D eigenvalue weighted by atomic mass is 35.5. The predicted octanol–water partition coefficient (Wildman–Crippen LogP) is 2.72. The lowest BCUT2D eigenvalue weighted by molar-refractivity contribution is -0.121. The number of halogens is 1. The monoisotopic (exact) mass is 373 g/mol. The van der Waals surface area contributed by atoms with Gasteiger partial charge in [0, 0.05) is 31.5 Å². The maximum Gasteiger partial charge on any atom is 0.265 e. The number of nitrogens with one attached hydrogen (secondary N) is 1. The number of amides is 1. The van der Waals surface area contributed by atoms with Gasteiger partial charge in [0.15, 0.2) is 0 Å². The lowest BCUT2D eigenvalue weighted by atomic mass is 10.1. The van der Waals surface area contributed by atoms with Gasteiger partial charge in [0.25, 0.3) is 5.89 Å². The van der Waals surface area contributed by atoms with Crippen molar-refractivity contribution >= 4 is 17.5 Å². The van der Waals surface area contributed by atoms with Crippen LogP contribution in [0.25, 0.3) is 11.6 Å². The minimum absolute atomic E-state index is 0.0526. The van der Waals surface area contributed by atoms with E-state index in [4.69, 9.17) is 16.0 Å². The van der Waals surface area contributed by atoms with Crippen LogP contribution >= 0.6 is 11.6 Å². The Bertz CT molecular complexity index is 903. The fraction of sp³-hybridized carbons (Fsp3) is 0.333. The molecule has 0 aliphatic carbocycles. The molecule has 3 aromatic rings. The third kappa shape index (κ3) is 4.70. The highest BCUT2D eigenvalue weighted by molar-refractivity contribution is 6.30. The summed E-state index contributed by atoms with van der Waals surface area (Å²) in [6.07, 6.45) is 1.42. The minimum Gasteiger partial charge on any atom is -0.419 e. The van der Waals surface area contributed by atoms with Crippen LogP contribution in [-0.2, 0) is 24.7 Å². The zero-order valence-corrected chi connectivity index (χ0v) is 15.5. The molecule has 0 fully saturated rings. The van der Waals surface area contributed by atoms with Gasteiger partial charge in [0.05, 0.1) is 5.69 Å². The van der Waals surface area contributed by atoms with Crippen molar-refractivity contribution in [2.45, 2.75) is 26.2 Å². The lowest BCUT2D eigenvalue weighted by Crippen LogP contribution is -2.25. The molecule has 0 saturated carbocycles. The molecule has 0 atom stereocenters. The van der Waals surface area contributed by atoms with Gasteiger partial charge in [-0.15, -0.1) is 10.2 Å². The largest absolute Gasteiger partial charge is 0.419 e. The van der Waals surface area contributed by atoms with Gasteiger partial charge in [-0.3, -0.25) is 9.48 Å². The Labute approximate surface area is 156 Å². The average Bonchev–Trinajstić information content (AvgIpc) is 3.19. The second-order valence-electron chi connectivity index (χ2n) is 6.03. The van der Waals surface area contributed by atoms with Crippen molar-refractivity contribution in [2.24, 2.45) is 7.05 Å². The van der Waals surface area contributed by atoms with Crippen LogP contribution in [0.4, 0.5) is 0 Å². The Morgan fingerprint density at radius 3 is 2.85 bits per heavy atom. The second kappa shape index (κ2) is 8.14. The van der Waals surface area contributed by atoms with Crippen molar-refractivity contribution in [1.82, 2.24) is 25.3 Å². The number of hydrogen-bond acceptors (Lipinski definition) is 5. The summed E-state index contributed by atoms with van der Waals surface area (Å²) in [5.74, 6) is 0.788. The summed E-state index contributed by atoms with van der Waals surface area (Å²) in [5.41, 5.74) is 2.72. The molecule has 1 N–H and O–H groups in total. The fourth-order valence-electron chi connectivity index (χ4n) is 2.62. The summed E-state index contributed by atoms with van der Waals surface area (Å²) in [6, 6.07) is 9.48. The van der Waals surface area contributed by atoms with Crippen molar-refractivity contribution in [1.29, 1.82) is 0 Å². The maximum absolute atomic E-state index is 12.0. The first-order valence-electron chi connectivity index (χ1n) is 8.36. The van der Waals surface area contributed by atoms with Crippen molar-refractivity contribution in [3.8, 4) is 11.6 Å². The minimum atomic E-state index is -0.0526. The number of carbonyl (C=O) groups is 1. The van der Waals surface area contributed by atoms with E-state index in [9.17, 15) is 4.79 Å². The normalized spacial score (nSPS) is 10.9. The van der Waals surface area contributed by atoms with Crippen molar-refractivity contribution in [3.63, 3.8) is 0 Å². The Morgan fingerprint density at radius 2 is 2.12 bits per heavy atom. The summed E-state index contributed by atoms with van der Waals surface area (Å²) in [5, 5.41) is 15.9. The molecule has 0 saturated heterocycles. The first kappa shape index (κ1) is 18.1. The third-order valence-electron chi connectivity index (χ3n) is 3.88. The Hall–Kier alpha value is -2.67. The molecule has 1 amide bonds. The zero-order chi connectivity index (χ0) is 18.5. The molecule has 0 spiro atoms. The molecule has 2 aromatic heterocycles. The number of nitrogens with zero attached hydrogens (tertiary/aromatic N) is 4. The average molecular weight is 374 g/mol. The van der Waals surface area contributed by atoms with Crippen LogP contribution in [0.3, 0.4) is 0 Å². The van der Waals surface area contributed by atoms with Gasteiger partial charge in [0.1, 0.15) is 5.69 Å². The van der Waals surface area contributed by atoms with Crippen LogP contribution in [-0.4, -0.2) is 32.4 Å². The van der Waals surface area contributed by atoms with Crippen LogP contribution in [0.5, 0.6) is 0 Å². The Kier molecular flexibility index (Phi) is 5.68. The van der Waals surface area contributed by atoms with Gasteiger partial charge in [-0.1, -0.05) is 23.7 Å². The van der Waals surface area contributed by atoms with Gasteiger partial charge in [-0.2, -0.15) is 5.10 Å². The van der Waals surface area contributed by atoms with E-state index in [0.717, 1.165) is 23.4 Å². The number of carbonyl (C=O) groups excluding carboxylic acids is 1. The molecule has 0 aliphatic heterocycles. The number of rotatable bonds is 7. The van der Waals surface area contributed by atoms with Gasteiger partial charge < -0.3 is 9.73 Å². The molecule has 3 rings (SSSR count). The first-order valence-corrected chi connectivity index (χ1v) is 8.73. The number of hydrogen-bond donors (Lipinski definition) is 1. The van der Waals surface area contributed by atoms with Gasteiger partial charge in [-0.05, 0) is 37.1 Å². The molecule has 7 nitrogen and oxygen atoms in total. The van der Waals surface area contributed by atoms with E-state index < -0.39 is 0 Å². The number of benzene rings is 1. The van der Waals surface area contributed by atoms with Crippen LogP contribution in [0.1, 0.15) is 23.6 Å². The highest BCUT2D eigenvalue weighted by Gasteiger charge is 2.14.